The van der Waals surface area contributed by atoms with Crippen LogP contribution in [0, 0.1) is 0 Å². The van der Waals surface area contributed by atoms with Crippen LogP contribution in [-0.4, -0.2) is 21.8 Å². The lowest BCUT2D eigenvalue weighted by molar-refractivity contribution is 0.0941. The number of fused-ring (bicyclic) bond motifs is 1. The Hall–Kier alpha value is -3.55. The maximum absolute atomic E-state index is 11.9. The van der Waals surface area contributed by atoms with Gasteiger partial charge in [-0.3, -0.25) is 14.6 Å². The Kier molecular flexibility index (Phi) is 3.79. The quantitative estimate of drug-likeness (QED) is 0.684. The van der Waals surface area contributed by atoms with Gasteiger partial charge in [0.05, 0.1) is 6.20 Å². The molecule has 2 heterocycles. The summed E-state index contributed by atoms with van der Waals surface area (Å²) in [4.78, 5) is 31.1. The van der Waals surface area contributed by atoms with Crippen molar-refractivity contribution in [1.29, 1.82) is 0 Å². The van der Waals surface area contributed by atoms with Gasteiger partial charge in [0.25, 0.3) is 11.8 Å². The van der Waals surface area contributed by atoms with Gasteiger partial charge in [0.15, 0.2) is 0 Å². The van der Waals surface area contributed by atoms with E-state index in [-0.39, 0.29) is 16.8 Å². The fourth-order valence-corrected chi connectivity index (χ4v) is 1.90. The molecule has 2 aromatic heterocycles. The molecule has 0 saturated carbocycles. The van der Waals surface area contributed by atoms with Gasteiger partial charge in [-0.2, -0.15) is 0 Å². The molecule has 23 heavy (non-hydrogen) atoms. The Morgan fingerprint density at radius 3 is 2.78 bits per heavy atom. The van der Waals surface area contributed by atoms with E-state index in [9.17, 15) is 9.59 Å². The van der Waals surface area contributed by atoms with E-state index in [2.05, 4.69) is 20.5 Å². The SMILES string of the molecule is NC(=O)c1cc2ccccc2o/c1=N/NC(=O)c1cnccn1. The van der Waals surface area contributed by atoms with Crippen molar-refractivity contribution in [3.05, 3.63) is 65.7 Å². The van der Waals surface area contributed by atoms with Crippen LogP contribution >= 0.6 is 0 Å². The van der Waals surface area contributed by atoms with Crippen LogP contribution in [0.1, 0.15) is 20.8 Å². The number of hydrogen-bond donors (Lipinski definition) is 2. The second-order valence-corrected chi connectivity index (χ2v) is 4.51. The van der Waals surface area contributed by atoms with Crippen molar-refractivity contribution in [2.45, 2.75) is 0 Å². The van der Waals surface area contributed by atoms with E-state index in [4.69, 9.17) is 10.2 Å². The number of rotatable bonds is 3. The summed E-state index contributed by atoms with van der Waals surface area (Å²) >= 11 is 0. The van der Waals surface area contributed by atoms with Gasteiger partial charge in [-0.15, -0.1) is 5.10 Å². The van der Waals surface area contributed by atoms with E-state index in [0.717, 1.165) is 0 Å². The Morgan fingerprint density at radius 2 is 2.04 bits per heavy atom. The first-order valence-electron chi connectivity index (χ1n) is 6.58. The number of amides is 2. The number of aromatic nitrogens is 2. The third kappa shape index (κ3) is 3.05. The number of nitrogens with zero attached hydrogens (tertiary/aromatic N) is 3. The highest BCUT2D eigenvalue weighted by Crippen LogP contribution is 2.12. The van der Waals surface area contributed by atoms with Crippen molar-refractivity contribution < 1.29 is 14.0 Å². The van der Waals surface area contributed by atoms with Crippen LogP contribution in [0.2, 0.25) is 0 Å². The van der Waals surface area contributed by atoms with Crippen molar-refractivity contribution in [2.75, 3.05) is 0 Å². The van der Waals surface area contributed by atoms with Crippen molar-refractivity contribution in [1.82, 2.24) is 15.4 Å². The predicted molar refractivity (Wildman–Crippen MR) is 79.8 cm³/mol. The van der Waals surface area contributed by atoms with E-state index in [0.29, 0.717) is 11.0 Å². The summed E-state index contributed by atoms with van der Waals surface area (Å²) in [7, 11) is 0. The summed E-state index contributed by atoms with van der Waals surface area (Å²) in [5, 5.41) is 4.51. The topological polar surface area (TPSA) is 123 Å². The summed E-state index contributed by atoms with van der Waals surface area (Å²) in [6, 6.07) is 8.61. The van der Waals surface area contributed by atoms with Gasteiger partial charge < -0.3 is 10.2 Å². The van der Waals surface area contributed by atoms with Gasteiger partial charge >= 0.3 is 0 Å². The zero-order chi connectivity index (χ0) is 16.2. The number of nitrogens with two attached hydrogens (primary N) is 1. The zero-order valence-corrected chi connectivity index (χ0v) is 11.8. The van der Waals surface area contributed by atoms with E-state index in [1.165, 1.54) is 18.6 Å². The standard InChI is InChI=1S/C15H11N5O3/c16-13(21)10-7-9-3-1-2-4-12(9)23-15(10)20-19-14(22)11-8-17-5-6-18-11/h1-8H,(H2,16,21)(H,19,22)/b20-15+. The molecule has 8 heteroatoms. The van der Waals surface area contributed by atoms with Crippen LogP contribution in [0.3, 0.4) is 0 Å². The second kappa shape index (κ2) is 6.06. The summed E-state index contributed by atoms with van der Waals surface area (Å²) in [5.41, 5.74) is 8.14. The molecule has 3 N–H and O–H groups in total. The van der Waals surface area contributed by atoms with Crippen LogP contribution < -0.4 is 16.7 Å². The molecule has 0 radical (unpaired) electrons. The molecule has 8 nitrogen and oxygen atoms in total. The minimum absolute atomic E-state index is 0.0585. The summed E-state index contributed by atoms with van der Waals surface area (Å²) in [6.07, 6.45) is 4.11. The molecular formula is C15H11N5O3. The summed E-state index contributed by atoms with van der Waals surface area (Å²) in [6.45, 7) is 0. The Bertz CT molecular complexity index is 950. The first-order valence-corrected chi connectivity index (χ1v) is 6.58. The number of para-hydroxylation sites is 1. The lowest BCUT2D eigenvalue weighted by Crippen LogP contribution is -2.27. The summed E-state index contributed by atoms with van der Waals surface area (Å²) < 4.78 is 5.52. The van der Waals surface area contributed by atoms with Gasteiger partial charge in [-0.25, -0.2) is 10.4 Å². The number of carbonyl (C=O) groups is 2. The normalized spacial score (nSPS) is 11.4. The molecule has 0 aliphatic carbocycles. The maximum atomic E-state index is 11.9. The highest BCUT2D eigenvalue weighted by atomic mass is 16.3. The lowest BCUT2D eigenvalue weighted by atomic mass is 10.2. The zero-order valence-electron chi connectivity index (χ0n) is 11.8. The Balaban J connectivity index is 2.02. The fourth-order valence-electron chi connectivity index (χ4n) is 1.90. The molecule has 0 fully saturated rings. The predicted octanol–water partition coefficient (Wildman–Crippen LogP) is 0.567. The van der Waals surface area contributed by atoms with Gasteiger partial charge in [0.2, 0.25) is 5.55 Å². The number of benzene rings is 1. The maximum Gasteiger partial charge on any atom is 0.291 e. The average molecular weight is 309 g/mol. The van der Waals surface area contributed by atoms with Crippen LogP contribution in [0.25, 0.3) is 11.0 Å². The Morgan fingerprint density at radius 1 is 1.22 bits per heavy atom. The second-order valence-electron chi connectivity index (χ2n) is 4.51. The smallest absolute Gasteiger partial charge is 0.291 e. The van der Waals surface area contributed by atoms with Gasteiger partial charge in [0.1, 0.15) is 16.8 Å². The number of carbonyl (C=O) groups excluding carboxylic acids is 2. The minimum atomic E-state index is -0.716. The number of primary amides is 1. The molecule has 0 saturated heterocycles. The van der Waals surface area contributed by atoms with Crippen LogP contribution in [-0.2, 0) is 0 Å². The molecule has 1 aromatic carbocycles. The lowest BCUT2D eigenvalue weighted by Gasteiger charge is -2.02. The monoisotopic (exact) mass is 309 g/mol. The van der Waals surface area contributed by atoms with E-state index in [1.54, 1.807) is 30.3 Å². The molecule has 0 unspecified atom stereocenters. The van der Waals surface area contributed by atoms with Crippen LogP contribution in [0.15, 0.2) is 58.4 Å². The third-order valence-electron chi connectivity index (χ3n) is 2.98. The largest absolute Gasteiger partial charge is 0.436 e. The molecule has 0 spiro atoms. The first kappa shape index (κ1) is 14.4. The van der Waals surface area contributed by atoms with Gasteiger partial charge in [-0.05, 0) is 12.1 Å². The van der Waals surface area contributed by atoms with Gasteiger partial charge in [0, 0.05) is 17.8 Å². The molecule has 114 valence electrons. The molecule has 3 rings (SSSR count). The number of hydrogen-bond acceptors (Lipinski definition) is 6. The van der Waals surface area contributed by atoms with Crippen molar-refractivity contribution in [3.63, 3.8) is 0 Å². The minimum Gasteiger partial charge on any atom is -0.436 e. The first-order chi connectivity index (χ1) is 11.1. The van der Waals surface area contributed by atoms with E-state index >= 15 is 0 Å². The van der Waals surface area contributed by atoms with E-state index < -0.39 is 11.8 Å². The van der Waals surface area contributed by atoms with Crippen molar-refractivity contribution >= 4 is 22.8 Å². The van der Waals surface area contributed by atoms with Crippen LogP contribution in [0.4, 0.5) is 0 Å². The van der Waals surface area contributed by atoms with Crippen molar-refractivity contribution in [3.8, 4) is 0 Å². The molecule has 0 aliphatic heterocycles. The number of nitrogens with one attached hydrogen (secondary N) is 1. The molecule has 0 aliphatic rings. The fraction of sp³-hybridized carbons (Fsp3) is 0. The highest BCUT2D eigenvalue weighted by molar-refractivity contribution is 5.95. The summed E-state index contributed by atoms with van der Waals surface area (Å²) in [5.74, 6) is -1.30. The van der Waals surface area contributed by atoms with Crippen LogP contribution in [0.5, 0.6) is 0 Å². The molecular weight excluding hydrogens is 298 g/mol. The molecule has 2 amide bonds. The van der Waals surface area contributed by atoms with E-state index in [1.807, 2.05) is 0 Å². The Labute approximate surface area is 129 Å². The van der Waals surface area contributed by atoms with Gasteiger partial charge in [-0.1, -0.05) is 18.2 Å². The molecule has 0 atom stereocenters. The van der Waals surface area contributed by atoms with Crippen molar-refractivity contribution in [2.24, 2.45) is 10.8 Å². The molecule has 0 bridgehead atoms. The highest BCUT2D eigenvalue weighted by Gasteiger charge is 2.10. The molecule has 3 aromatic rings. The third-order valence-corrected chi connectivity index (χ3v) is 2.98. The average Bonchev–Trinajstić information content (AvgIpc) is 2.59.